The predicted molar refractivity (Wildman–Crippen MR) is 42.4 cm³/mol. The predicted octanol–water partition coefficient (Wildman–Crippen LogP) is 1.01. The molecule has 9 heteroatoms. The summed E-state index contributed by atoms with van der Waals surface area (Å²) in [6, 6.07) is -0.863. The quantitative estimate of drug-likeness (QED) is 0.572. The second-order valence-corrected chi connectivity index (χ2v) is 4.06. The molecule has 0 saturated carbocycles. The van der Waals surface area contributed by atoms with E-state index in [2.05, 4.69) is 14.2 Å². The summed E-state index contributed by atoms with van der Waals surface area (Å²) in [5.74, 6) is 0. The molecule has 15 heavy (non-hydrogen) atoms. The van der Waals surface area contributed by atoms with E-state index in [4.69, 9.17) is 0 Å². The molecule has 0 aliphatic carbocycles. The summed E-state index contributed by atoms with van der Waals surface area (Å²) in [5.41, 5.74) is -4.92. The molecule has 0 radical (unpaired) electrons. The van der Waals surface area contributed by atoms with Crippen molar-refractivity contribution in [3.63, 3.8) is 0 Å². The average molecular weight is 242 g/mol. The van der Waals surface area contributed by atoms with Crippen LogP contribution >= 0.6 is 0 Å². The lowest BCUT2D eigenvalue weighted by Gasteiger charge is -2.07. The van der Waals surface area contributed by atoms with E-state index in [1.54, 1.807) is 6.92 Å². The topological polar surface area (TPSA) is 69.2 Å². The normalized spacial score (nSPS) is 12.5. The second-order valence-electron chi connectivity index (χ2n) is 2.53. The number of rotatable bonds is 2. The lowest BCUT2D eigenvalue weighted by atomic mass is 10.4. The van der Waals surface area contributed by atoms with E-state index in [1.165, 1.54) is 0 Å². The van der Waals surface area contributed by atoms with E-state index in [9.17, 15) is 21.6 Å². The van der Waals surface area contributed by atoms with Crippen LogP contribution in [0.25, 0.3) is 0 Å². The van der Waals surface area contributed by atoms with Gasteiger partial charge < -0.3 is 4.18 Å². The molecular formula is C6H5F3N2O3S. The maximum Gasteiger partial charge on any atom is 0.534 e. The molecule has 1 aromatic heterocycles. The van der Waals surface area contributed by atoms with Gasteiger partial charge in [0.15, 0.2) is 0 Å². The SMILES string of the molecule is Cc1cnc(OS(=O)(=O)C(F)(F)F)nc1. The highest BCUT2D eigenvalue weighted by Gasteiger charge is 2.49. The van der Waals surface area contributed by atoms with Gasteiger partial charge in [-0.05, 0) is 12.5 Å². The van der Waals surface area contributed by atoms with E-state index < -0.39 is 21.6 Å². The second kappa shape index (κ2) is 3.65. The average Bonchev–Trinajstić information content (AvgIpc) is 2.06. The van der Waals surface area contributed by atoms with E-state index in [0.29, 0.717) is 5.56 Å². The first-order valence-corrected chi connectivity index (χ1v) is 4.92. The van der Waals surface area contributed by atoms with Gasteiger partial charge in [0.05, 0.1) is 0 Å². The molecule has 1 rings (SSSR count). The summed E-state index contributed by atoms with van der Waals surface area (Å²) in [6.07, 6.45) is 2.27. The zero-order valence-corrected chi connectivity index (χ0v) is 8.13. The first-order chi connectivity index (χ1) is 6.72. The molecule has 0 saturated heterocycles. The maximum atomic E-state index is 11.8. The summed E-state index contributed by atoms with van der Waals surface area (Å²) < 4.78 is 60.1. The van der Waals surface area contributed by atoms with Gasteiger partial charge in [-0.25, -0.2) is 9.97 Å². The van der Waals surface area contributed by atoms with E-state index >= 15 is 0 Å². The highest BCUT2D eigenvalue weighted by Crippen LogP contribution is 2.24. The van der Waals surface area contributed by atoms with Gasteiger partial charge in [-0.1, -0.05) is 0 Å². The molecular weight excluding hydrogens is 237 g/mol. The van der Waals surface area contributed by atoms with Gasteiger partial charge in [-0.2, -0.15) is 21.6 Å². The molecule has 0 atom stereocenters. The summed E-state index contributed by atoms with van der Waals surface area (Å²) in [4.78, 5) is 6.53. The minimum absolute atomic E-state index is 0.562. The number of halogens is 3. The zero-order chi connectivity index (χ0) is 11.7. The van der Waals surface area contributed by atoms with Crippen LogP contribution < -0.4 is 4.18 Å². The number of aromatic nitrogens is 2. The number of aryl methyl sites for hydroxylation is 1. The van der Waals surface area contributed by atoms with Crippen LogP contribution in [-0.2, 0) is 10.1 Å². The fourth-order valence-corrected chi connectivity index (χ4v) is 0.946. The van der Waals surface area contributed by atoms with Crippen LogP contribution in [0.3, 0.4) is 0 Å². The third-order valence-corrected chi connectivity index (χ3v) is 2.16. The van der Waals surface area contributed by atoms with Crippen LogP contribution in [0.1, 0.15) is 5.56 Å². The van der Waals surface area contributed by atoms with Crippen molar-refractivity contribution in [3.05, 3.63) is 18.0 Å². The Balaban J connectivity index is 2.93. The van der Waals surface area contributed by atoms with Crippen LogP contribution in [0.5, 0.6) is 6.01 Å². The number of hydrogen-bond acceptors (Lipinski definition) is 5. The summed E-state index contributed by atoms with van der Waals surface area (Å²) >= 11 is 0. The fourth-order valence-electron chi connectivity index (χ4n) is 0.569. The maximum absolute atomic E-state index is 11.8. The lowest BCUT2D eigenvalue weighted by molar-refractivity contribution is -0.0502. The molecule has 1 heterocycles. The van der Waals surface area contributed by atoms with Crippen molar-refractivity contribution in [2.45, 2.75) is 12.4 Å². The molecule has 1 aromatic rings. The van der Waals surface area contributed by atoms with Crippen molar-refractivity contribution in [1.82, 2.24) is 9.97 Å². The number of nitrogens with zero attached hydrogens (tertiary/aromatic N) is 2. The van der Waals surface area contributed by atoms with Crippen molar-refractivity contribution in [2.75, 3.05) is 0 Å². The van der Waals surface area contributed by atoms with Crippen LogP contribution in [0.15, 0.2) is 12.4 Å². The van der Waals surface area contributed by atoms with Gasteiger partial charge in [-0.3, -0.25) is 0 Å². The van der Waals surface area contributed by atoms with Gasteiger partial charge in [0.25, 0.3) is 0 Å². The first-order valence-electron chi connectivity index (χ1n) is 3.52. The Morgan fingerprint density at radius 2 is 1.73 bits per heavy atom. The number of hydrogen-bond donors (Lipinski definition) is 0. The molecule has 0 N–H and O–H groups in total. The van der Waals surface area contributed by atoms with Gasteiger partial charge in [-0.15, -0.1) is 0 Å². The Morgan fingerprint density at radius 3 is 2.13 bits per heavy atom. The Hall–Kier alpha value is -1.38. The minimum Gasteiger partial charge on any atom is -0.337 e. The molecule has 0 amide bonds. The first kappa shape index (κ1) is 11.7. The van der Waals surface area contributed by atoms with Crippen molar-refractivity contribution < 1.29 is 25.8 Å². The van der Waals surface area contributed by atoms with Gasteiger partial charge in [0.1, 0.15) is 0 Å². The molecule has 0 aromatic carbocycles. The summed E-state index contributed by atoms with van der Waals surface area (Å²) in [5, 5.41) is 0. The summed E-state index contributed by atoms with van der Waals surface area (Å²) in [6.45, 7) is 1.59. The molecule has 0 spiro atoms. The molecule has 0 aliphatic rings. The molecule has 0 bridgehead atoms. The van der Waals surface area contributed by atoms with Crippen LogP contribution in [0.2, 0.25) is 0 Å². The summed E-state index contributed by atoms with van der Waals surface area (Å²) in [7, 11) is -5.69. The van der Waals surface area contributed by atoms with Crippen molar-refractivity contribution in [3.8, 4) is 6.01 Å². The van der Waals surface area contributed by atoms with Crippen LogP contribution in [-0.4, -0.2) is 23.9 Å². The largest absolute Gasteiger partial charge is 0.534 e. The molecule has 0 aliphatic heterocycles. The van der Waals surface area contributed by atoms with Crippen molar-refractivity contribution >= 4 is 10.1 Å². The van der Waals surface area contributed by atoms with Gasteiger partial charge >= 0.3 is 21.6 Å². The number of alkyl halides is 3. The van der Waals surface area contributed by atoms with Gasteiger partial charge in [0, 0.05) is 12.4 Å². The highest BCUT2D eigenvalue weighted by atomic mass is 32.2. The van der Waals surface area contributed by atoms with Gasteiger partial charge in [0.2, 0.25) is 0 Å². The van der Waals surface area contributed by atoms with E-state index in [0.717, 1.165) is 12.4 Å². The third kappa shape index (κ3) is 2.78. The fraction of sp³-hybridized carbons (Fsp3) is 0.333. The molecule has 5 nitrogen and oxygen atoms in total. The van der Waals surface area contributed by atoms with Crippen LogP contribution in [0.4, 0.5) is 13.2 Å². The Bertz CT molecular complexity index is 440. The van der Waals surface area contributed by atoms with E-state index in [-0.39, 0.29) is 0 Å². The standard InChI is InChI=1S/C6H5F3N2O3S/c1-4-2-10-5(11-3-4)14-15(12,13)6(7,8)9/h2-3H,1H3. The highest BCUT2D eigenvalue weighted by molar-refractivity contribution is 7.87. The monoisotopic (exact) mass is 242 g/mol. The zero-order valence-electron chi connectivity index (χ0n) is 7.32. The van der Waals surface area contributed by atoms with E-state index in [1.807, 2.05) is 0 Å². The van der Waals surface area contributed by atoms with Crippen molar-refractivity contribution in [1.29, 1.82) is 0 Å². The molecule has 0 fully saturated rings. The Labute approximate surface area is 83.0 Å². The van der Waals surface area contributed by atoms with Crippen molar-refractivity contribution in [2.24, 2.45) is 0 Å². The molecule has 0 unspecified atom stereocenters. The Kier molecular flexibility index (Phi) is 2.84. The minimum atomic E-state index is -5.69. The van der Waals surface area contributed by atoms with Crippen LogP contribution in [0, 0.1) is 6.92 Å². The lowest BCUT2D eigenvalue weighted by Crippen LogP contribution is -2.28. The Morgan fingerprint density at radius 1 is 1.27 bits per heavy atom. The molecule has 84 valence electrons. The smallest absolute Gasteiger partial charge is 0.337 e. The third-order valence-electron chi connectivity index (χ3n) is 1.22.